The lowest BCUT2D eigenvalue weighted by molar-refractivity contribution is -0.131. The Bertz CT molecular complexity index is 1470. The average molecular weight is 589 g/mol. The van der Waals surface area contributed by atoms with Crippen LogP contribution in [0.4, 0.5) is 15.9 Å². The van der Waals surface area contributed by atoms with E-state index in [9.17, 15) is 9.18 Å². The number of hydrogen-bond acceptors (Lipinski definition) is 8. The van der Waals surface area contributed by atoms with Gasteiger partial charge in [-0.05, 0) is 42.1 Å². The van der Waals surface area contributed by atoms with Crippen LogP contribution in [0.1, 0.15) is 12.8 Å². The summed E-state index contributed by atoms with van der Waals surface area (Å²) < 4.78 is 19.8. The first-order chi connectivity index (χ1) is 20.7. The number of morpholine rings is 1. The third kappa shape index (κ3) is 6.72. The molecule has 8 nitrogen and oxygen atoms in total. The number of carbonyl (C=O) groups excluding carboxylic acids is 1. The molecular weight excluding hydrogens is 551 g/mol. The molecule has 0 radical (unpaired) electrons. The topological polar surface area (TPSA) is 65.0 Å². The summed E-state index contributed by atoms with van der Waals surface area (Å²) in [6, 6.07) is 19.0. The maximum absolute atomic E-state index is 14.3. The number of fused-ring (bicyclic) bond motifs is 1. The third-order valence-corrected chi connectivity index (χ3v) is 8.92. The minimum absolute atomic E-state index is 0.123. The lowest BCUT2D eigenvalue weighted by atomic mass is 10.2. The van der Waals surface area contributed by atoms with Crippen molar-refractivity contribution in [2.45, 2.75) is 12.8 Å². The summed E-state index contributed by atoms with van der Waals surface area (Å²) >= 11 is 1.63. The van der Waals surface area contributed by atoms with Crippen LogP contribution in [0.25, 0.3) is 21.6 Å². The number of benzene rings is 2. The van der Waals surface area contributed by atoms with Gasteiger partial charge in [0.2, 0.25) is 5.91 Å². The summed E-state index contributed by atoms with van der Waals surface area (Å²) in [6.45, 7) is 8.22. The molecule has 1 amide bonds. The lowest BCUT2D eigenvalue weighted by Gasteiger charge is -2.36. The van der Waals surface area contributed by atoms with Crippen molar-refractivity contribution >= 4 is 39.7 Å². The average Bonchev–Trinajstić information content (AvgIpc) is 3.58. The normalized spacial score (nSPS) is 16.2. The van der Waals surface area contributed by atoms with Gasteiger partial charge in [0.05, 0.1) is 29.3 Å². The summed E-state index contributed by atoms with van der Waals surface area (Å²) in [7, 11) is 0. The van der Waals surface area contributed by atoms with E-state index in [0.29, 0.717) is 50.7 Å². The molecule has 0 saturated carbocycles. The van der Waals surface area contributed by atoms with Crippen LogP contribution >= 0.6 is 11.3 Å². The first kappa shape index (κ1) is 28.5. The molecule has 2 aromatic carbocycles. The van der Waals surface area contributed by atoms with Crippen molar-refractivity contribution in [1.82, 2.24) is 19.8 Å². The van der Waals surface area contributed by atoms with E-state index in [0.717, 1.165) is 67.4 Å². The van der Waals surface area contributed by atoms with Crippen LogP contribution in [-0.2, 0) is 9.53 Å². The van der Waals surface area contributed by atoms with Crippen LogP contribution in [-0.4, -0.2) is 97.8 Å². The van der Waals surface area contributed by atoms with E-state index in [2.05, 4.69) is 15.9 Å². The second kappa shape index (κ2) is 13.6. The van der Waals surface area contributed by atoms with Gasteiger partial charge in [0.1, 0.15) is 11.6 Å². The highest BCUT2D eigenvalue weighted by Gasteiger charge is 2.24. The highest BCUT2D eigenvalue weighted by molar-refractivity contribution is 7.13. The third-order valence-electron chi connectivity index (χ3n) is 8.05. The molecule has 0 unspecified atom stereocenters. The van der Waals surface area contributed by atoms with E-state index in [-0.39, 0.29) is 11.7 Å². The number of aromatic nitrogens is 2. The number of amides is 1. The molecule has 0 aliphatic carbocycles. The predicted octanol–water partition coefficient (Wildman–Crippen LogP) is 4.77. The molecule has 0 spiro atoms. The molecule has 2 aliphatic heterocycles. The number of anilines is 2. The molecule has 0 atom stereocenters. The number of para-hydroxylation sites is 2. The van der Waals surface area contributed by atoms with Crippen molar-refractivity contribution in [3.63, 3.8) is 0 Å². The van der Waals surface area contributed by atoms with E-state index >= 15 is 0 Å². The highest BCUT2D eigenvalue weighted by atomic mass is 32.1. The molecule has 0 bridgehead atoms. The molecule has 6 rings (SSSR count). The number of halogens is 1. The van der Waals surface area contributed by atoms with Crippen molar-refractivity contribution in [3.05, 3.63) is 71.9 Å². The lowest BCUT2D eigenvalue weighted by Crippen LogP contribution is -2.49. The minimum atomic E-state index is -0.219. The number of thiophene rings is 1. The van der Waals surface area contributed by atoms with Gasteiger partial charge >= 0.3 is 0 Å². The Labute approximate surface area is 250 Å². The van der Waals surface area contributed by atoms with Crippen LogP contribution in [0.15, 0.2) is 66.0 Å². The first-order valence-electron chi connectivity index (χ1n) is 14.8. The van der Waals surface area contributed by atoms with Gasteiger partial charge in [-0.1, -0.05) is 30.3 Å². The van der Waals surface area contributed by atoms with Crippen molar-refractivity contribution in [2.24, 2.45) is 0 Å². The number of hydrogen-bond donors (Lipinski definition) is 0. The van der Waals surface area contributed by atoms with Gasteiger partial charge in [-0.3, -0.25) is 9.69 Å². The quantitative estimate of drug-likeness (QED) is 0.265. The monoisotopic (exact) mass is 588 g/mol. The summed E-state index contributed by atoms with van der Waals surface area (Å²) in [6.07, 6.45) is 1.35. The molecule has 2 saturated heterocycles. The Kier molecular flexibility index (Phi) is 9.22. The Morgan fingerprint density at radius 1 is 0.905 bits per heavy atom. The van der Waals surface area contributed by atoms with Gasteiger partial charge in [0.25, 0.3) is 0 Å². The van der Waals surface area contributed by atoms with E-state index in [1.165, 1.54) is 6.07 Å². The van der Waals surface area contributed by atoms with Crippen LogP contribution < -0.4 is 9.80 Å². The summed E-state index contributed by atoms with van der Waals surface area (Å²) in [5.74, 6) is 1.50. The maximum atomic E-state index is 14.3. The Morgan fingerprint density at radius 2 is 1.69 bits per heavy atom. The molecule has 42 heavy (non-hydrogen) atoms. The second-order valence-electron chi connectivity index (χ2n) is 10.7. The van der Waals surface area contributed by atoms with E-state index in [1.807, 2.05) is 51.6 Å². The van der Waals surface area contributed by atoms with Gasteiger partial charge in [-0.15, -0.1) is 11.3 Å². The number of nitrogens with zero attached hydrogens (tertiary/aromatic N) is 6. The van der Waals surface area contributed by atoms with E-state index in [4.69, 9.17) is 14.7 Å². The Balaban J connectivity index is 1.17. The fourth-order valence-electron chi connectivity index (χ4n) is 5.74. The number of rotatable bonds is 10. The van der Waals surface area contributed by atoms with Crippen LogP contribution in [0.5, 0.6) is 0 Å². The van der Waals surface area contributed by atoms with Crippen molar-refractivity contribution < 1.29 is 13.9 Å². The molecule has 2 aliphatic rings. The molecule has 0 N–H and O–H groups in total. The van der Waals surface area contributed by atoms with Crippen LogP contribution in [0, 0.1) is 5.82 Å². The zero-order valence-corrected chi connectivity index (χ0v) is 24.6. The number of ether oxygens (including phenoxy) is 1. The van der Waals surface area contributed by atoms with Gasteiger partial charge in [-0.2, -0.15) is 0 Å². The summed E-state index contributed by atoms with van der Waals surface area (Å²) in [4.78, 5) is 33.1. The molecule has 4 aromatic rings. The van der Waals surface area contributed by atoms with Crippen molar-refractivity contribution in [1.29, 1.82) is 0 Å². The molecule has 2 fully saturated rings. The van der Waals surface area contributed by atoms with Crippen LogP contribution in [0.2, 0.25) is 0 Å². The fraction of sp³-hybridized carbons (Fsp3) is 0.406. The standard InChI is InChI=1S/C32H37FN6O2S/c33-26-8-2-4-10-28(26)37-16-18-38(19-17-37)30(40)12-15-39(14-6-13-36-20-22-41-23-21-36)32-25-7-1-3-9-27(25)34-31(35-32)29-11-5-24-42-29/h1-5,7-11,24H,6,12-23H2. The van der Waals surface area contributed by atoms with Gasteiger partial charge in [0, 0.05) is 70.7 Å². The number of carbonyl (C=O) groups is 1. The predicted molar refractivity (Wildman–Crippen MR) is 167 cm³/mol. The Hall–Kier alpha value is -3.60. The summed E-state index contributed by atoms with van der Waals surface area (Å²) in [5, 5.41) is 3.04. The van der Waals surface area contributed by atoms with E-state index in [1.54, 1.807) is 23.5 Å². The zero-order valence-electron chi connectivity index (χ0n) is 23.8. The van der Waals surface area contributed by atoms with Gasteiger partial charge < -0.3 is 19.4 Å². The van der Waals surface area contributed by atoms with Crippen molar-refractivity contribution in [3.8, 4) is 10.7 Å². The molecule has 2 aromatic heterocycles. The fourth-order valence-corrected chi connectivity index (χ4v) is 6.40. The first-order valence-corrected chi connectivity index (χ1v) is 15.7. The molecule has 220 valence electrons. The largest absolute Gasteiger partial charge is 0.379 e. The molecular formula is C32H37FN6O2S. The zero-order chi connectivity index (χ0) is 28.7. The minimum Gasteiger partial charge on any atom is -0.379 e. The van der Waals surface area contributed by atoms with Gasteiger partial charge in [0.15, 0.2) is 5.82 Å². The van der Waals surface area contributed by atoms with Crippen molar-refractivity contribution in [2.75, 3.05) is 81.9 Å². The molecule has 10 heteroatoms. The van der Waals surface area contributed by atoms with Gasteiger partial charge in [-0.25, -0.2) is 14.4 Å². The molecule has 4 heterocycles. The smallest absolute Gasteiger partial charge is 0.224 e. The SMILES string of the molecule is O=C(CCN(CCCN1CCOCC1)c1nc(-c2cccs2)nc2ccccc12)N1CCN(c2ccccc2F)CC1. The highest BCUT2D eigenvalue weighted by Crippen LogP contribution is 2.30. The second-order valence-corrected chi connectivity index (χ2v) is 11.7. The number of piperazine rings is 1. The Morgan fingerprint density at radius 3 is 2.48 bits per heavy atom. The summed E-state index contributed by atoms with van der Waals surface area (Å²) in [5.41, 5.74) is 1.51. The van der Waals surface area contributed by atoms with Crippen LogP contribution in [0.3, 0.4) is 0 Å². The maximum Gasteiger partial charge on any atom is 0.224 e. The van der Waals surface area contributed by atoms with E-state index < -0.39 is 0 Å².